The minimum atomic E-state index is -3.74. The Morgan fingerprint density at radius 2 is 2.00 bits per heavy atom. The lowest BCUT2D eigenvalue weighted by molar-refractivity contribution is -0.0459. The Morgan fingerprint density at radius 3 is 2.76 bits per heavy atom. The van der Waals surface area contributed by atoms with E-state index in [0.29, 0.717) is 36.2 Å². The highest BCUT2D eigenvalue weighted by molar-refractivity contribution is 7.92. The van der Waals surface area contributed by atoms with E-state index in [-0.39, 0.29) is 40.0 Å². The van der Waals surface area contributed by atoms with Crippen LogP contribution < -0.4 is 19.1 Å². The maximum absolute atomic E-state index is 14.5. The summed E-state index contributed by atoms with van der Waals surface area (Å²) in [6, 6.07) is 11.2. The zero-order valence-corrected chi connectivity index (χ0v) is 30.5. The molecular formula is C37H44ClN5O7S. The van der Waals surface area contributed by atoms with Crippen LogP contribution in [-0.2, 0) is 28.8 Å². The molecule has 3 N–H and O–H groups in total. The number of ether oxygens (including phenoxy) is 2. The van der Waals surface area contributed by atoms with Crippen molar-refractivity contribution in [2.75, 3.05) is 37.5 Å². The van der Waals surface area contributed by atoms with E-state index in [4.69, 9.17) is 21.1 Å². The van der Waals surface area contributed by atoms with E-state index in [1.807, 2.05) is 12.1 Å². The van der Waals surface area contributed by atoms with Gasteiger partial charge in [0.05, 0.1) is 37.4 Å². The number of rotatable bonds is 3. The van der Waals surface area contributed by atoms with Gasteiger partial charge in [-0.15, -0.1) is 9.46 Å². The number of fused-ring (bicyclic) bond motifs is 4. The van der Waals surface area contributed by atoms with Gasteiger partial charge in [-0.2, -0.15) is 0 Å². The molecule has 0 radical (unpaired) electrons. The van der Waals surface area contributed by atoms with Gasteiger partial charge in [0, 0.05) is 42.3 Å². The quantitative estimate of drug-likeness (QED) is 0.331. The topological polar surface area (TPSA) is 156 Å². The van der Waals surface area contributed by atoms with Crippen molar-refractivity contribution in [3.05, 3.63) is 82.0 Å². The predicted octanol–water partition coefficient (Wildman–Crippen LogP) is 4.46. The summed E-state index contributed by atoms with van der Waals surface area (Å²) in [6.07, 6.45) is 6.85. The first-order chi connectivity index (χ1) is 24.4. The summed E-state index contributed by atoms with van der Waals surface area (Å²) >= 11 is 6.42. The smallest absolute Gasteiger partial charge is 0.286 e. The zero-order valence-electron chi connectivity index (χ0n) is 29.0. The van der Waals surface area contributed by atoms with Crippen molar-refractivity contribution in [3.63, 3.8) is 0 Å². The van der Waals surface area contributed by atoms with Gasteiger partial charge in [-0.1, -0.05) is 36.7 Å². The lowest BCUT2D eigenvalue weighted by Gasteiger charge is -2.46. The number of benzene rings is 2. The van der Waals surface area contributed by atoms with Gasteiger partial charge in [-0.05, 0) is 91.3 Å². The van der Waals surface area contributed by atoms with Gasteiger partial charge in [0.2, 0.25) is 5.88 Å². The van der Waals surface area contributed by atoms with Crippen molar-refractivity contribution in [2.24, 2.45) is 29.2 Å². The Labute approximate surface area is 303 Å². The standard InChI is InChI=1S/C37H44ClN5O7S/c1-22-6-12-31(44)33(45)27-10-7-25(27)17-43-20-37(14-4-5-23-15-26(38)9-11-29(23)37)21-50-32-13-8-24(16-30(32)43)34(46)40-51(48,19-22)41-35(47)28-18-42(2)39-36(28)49-3/h6,8-9,11-13,15-16,18,22,25,27,31,33,44-45H,4-5,7,10,14,17,19-21H2,1-3H3,(H,40,41,46,47,48)/b12-6-/t22-,25-,27+,31+,33+,37-,51?/m0/s1. The maximum Gasteiger partial charge on any atom is 0.286 e. The summed E-state index contributed by atoms with van der Waals surface area (Å²) in [5.41, 5.74) is 2.98. The highest BCUT2D eigenvalue weighted by Gasteiger charge is 2.45. The molecule has 2 bridgehead atoms. The highest BCUT2D eigenvalue weighted by Crippen LogP contribution is 2.47. The molecule has 1 saturated carbocycles. The van der Waals surface area contributed by atoms with Crippen molar-refractivity contribution in [1.29, 1.82) is 0 Å². The molecule has 1 spiro atoms. The number of carbonyl (C=O) groups excluding carboxylic acids is 2. The molecule has 4 aliphatic rings. The number of amides is 2. The van der Waals surface area contributed by atoms with Crippen LogP contribution in [0.1, 0.15) is 64.4 Å². The van der Waals surface area contributed by atoms with E-state index < -0.39 is 39.9 Å². The number of aromatic nitrogens is 2. The van der Waals surface area contributed by atoms with E-state index in [0.717, 1.165) is 32.1 Å². The monoisotopic (exact) mass is 737 g/mol. The first-order valence-corrected chi connectivity index (χ1v) is 19.5. The van der Waals surface area contributed by atoms with E-state index in [2.05, 4.69) is 25.1 Å². The number of hydrogen-bond donors (Lipinski definition) is 3. The van der Waals surface area contributed by atoms with Gasteiger partial charge >= 0.3 is 0 Å². The molecule has 1 fully saturated rings. The number of nitrogens with zero attached hydrogens (tertiary/aromatic N) is 4. The van der Waals surface area contributed by atoms with Crippen LogP contribution in [0.15, 0.2) is 59.1 Å². The third-order valence-corrected chi connectivity index (χ3v) is 13.0. The number of hydrogen-bond acceptors (Lipinski definition) is 9. The number of aliphatic hydroxyl groups excluding tert-OH is 2. The number of anilines is 1. The molecule has 2 aromatic carbocycles. The Kier molecular flexibility index (Phi) is 9.68. The fourth-order valence-corrected chi connectivity index (χ4v) is 10.1. The number of methoxy groups -OCH3 is 1. The average Bonchev–Trinajstić information content (AvgIpc) is 3.40. The van der Waals surface area contributed by atoms with Crippen LogP contribution in [0.5, 0.6) is 11.6 Å². The Balaban J connectivity index is 1.31. The maximum atomic E-state index is 14.5. The van der Waals surface area contributed by atoms with Crippen LogP contribution in [0.4, 0.5) is 5.69 Å². The van der Waals surface area contributed by atoms with Gasteiger partial charge in [-0.3, -0.25) is 19.0 Å². The van der Waals surface area contributed by atoms with Crippen LogP contribution in [0.3, 0.4) is 0 Å². The van der Waals surface area contributed by atoms with Gasteiger partial charge < -0.3 is 24.6 Å². The van der Waals surface area contributed by atoms with Crippen LogP contribution in [-0.4, -0.2) is 80.8 Å². The van der Waals surface area contributed by atoms with Gasteiger partial charge in [0.25, 0.3) is 11.8 Å². The summed E-state index contributed by atoms with van der Waals surface area (Å²) in [7, 11) is -0.749. The number of aryl methyl sites for hydroxylation is 2. The number of aliphatic hydroxyl groups is 2. The summed E-state index contributed by atoms with van der Waals surface area (Å²) in [5.74, 6) is -1.67. The molecule has 3 aromatic rings. The molecule has 2 aliphatic carbocycles. The first kappa shape index (κ1) is 35.5. The van der Waals surface area contributed by atoms with Crippen LogP contribution in [0.2, 0.25) is 5.02 Å². The fourth-order valence-electron chi connectivity index (χ4n) is 8.15. The van der Waals surface area contributed by atoms with Gasteiger partial charge in [0.15, 0.2) is 0 Å². The SMILES string of the molecule is COc1nn(C)cc1C(=O)NS1(=O)=NC(=O)c2ccc3c(c2)N(C[C@@H]2CC[C@H]2[C@@H](O)[C@H](O)/C=C\[C@H](C)C1)C[C@@]1(CCCc2cc(Cl)ccc21)CO3. The highest BCUT2D eigenvalue weighted by atomic mass is 35.5. The van der Waals surface area contributed by atoms with E-state index in [9.17, 15) is 24.0 Å². The second kappa shape index (κ2) is 13.9. The van der Waals surface area contributed by atoms with Crippen LogP contribution in [0.25, 0.3) is 0 Å². The summed E-state index contributed by atoms with van der Waals surface area (Å²) in [4.78, 5) is 29.6. The number of carbonyl (C=O) groups is 2. The minimum Gasteiger partial charge on any atom is -0.490 e. The third-order valence-electron chi connectivity index (χ3n) is 10.8. The average molecular weight is 738 g/mol. The predicted molar refractivity (Wildman–Crippen MR) is 194 cm³/mol. The van der Waals surface area contributed by atoms with Crippen LogP contribution in [0, 0.1) is 17.8 Å². The van der Waals surface area contributed by atoms with Crippen molar-refractivity contribution in [3.8, 4) is 11.6 Å². The second-order valence-electron chi connectivity index (χ2n) is 14.5. The number of halogens is 1. The summed E-state index contributed by atoms with van der Waals surface area (Å²) in [6.45, 7) is 3.34. The van der Waals surface area contributed by atoms with E-state index >= 15 is 0 Å². The summed E-state index contributed by atoms with van der Waals surface area (Å²) < 4.78 is 34.4. The minimum absolute atomic E-state index is 0.0317. The van der Waals surface area contributed by atoms with Crippen LogP contribution >= 0.6 is 11.6 Å². The Bertz CT molecular complexity index is 2010. The number of allylic oxidation sites excluding steroid dienone is 1. The van der Waals surface area contributed by atoms with Gasteiger partial charge in [0.1, 0.15) is 21.2 Å². The first-order valence-electron chi connectivity index (χ1n) is 17.4. The Hall–Kier alpha value is -3.91. The molecule has 7 atom stereocenters. The van der Waals surface area contributed by atoms with Gasteiger partial charge in [-0.25, -0.2) is 4.21 Å². The second-order valence-corrected chi connectivity index (χ2v) is 16.9. The summed E-state index contributed by atoms with van der Waals surface area (Å²) in [5, 5.41) is 27.3. The molecule has 1 aromatic heterocycles. The largest absolute Gasteiger partial charge is 0.490 e. The Morgan fingerprint density at radius 1 is 1.18 bits per heavy atom. The third kappa shape index (κ3) is 7.01. The molecule has 14 heteroatoms. The van der Waals surface area contributed by atoms with E-state index in [1.54, 1.807) is 38.2 Å². The molecule has 12 nitrogen and oxygen atoms in total. The molecule has 1 unspecified atom stereocenters. The van der Waals surface area contributed by atoms with Crippen molar-refractivity contribution in [2.45, 2.75) is 56.7 Å². The molecule has 3 heterocycles. The van der Waals surface area contributed by atoms with Crippen molar-refractivity contribution < 1.29 is 33.5 Å². The van der Waals surface area contributed by atoms with Crippen molar-refractivity contribution >= 4 is 39.0 Å². The molecule has 7 rings (SSSR count). The lowest BCUT2D eigenvalue weighted by Crippen LogP contribution is -2.50. The normalized spacial score (nSPS) is 31.2. The molecule has 0 saturated heterocycles. The van der Waals surface area contributed by atoms with Crippen molar-refractivity contribution in [1.82, 2.24) is 14.5 Å². The number of nitrogens with one attached hydrogen (secondary N) is 1. The van der Waals surface area contributed by atoms with E-state index in [1.165, 1.54) is 35.2 Å². The molecule has 272 valence electrons. The molecule has 51 heavy (non-hydrogen) atoms. The molecule has 2 aliphatic heterocycles. The lowest BCUT2D eigenvalue weighted by atomic mass is 9.68. The molecule has 2 amide bonds. The zero-order chi connectivity index (χ0) is 36.1. The fraction of sp³-hybridized carbons (Fsp3) is 0.486. The molecular weight excluding hydrogens is 694 g/mol.